The van der Waals surface area contributed by atoms with Gasteiger partial charge in [-0.15, -0.1) is 22.7 Å². The third kappa shape index (κ3) is 6.05. The minimum absolute atomic E-state index is 0.344. The number of rotatable bonds is 6. The lowest BCUT2D eigenvalue weighted by atomic mass is 9.48. The minimum atomic E-state index is 0.344. The molecule has 320 valence electrons. The van der Waals surface area contributed by atoms with E-state index in [2.05, 4.69) is 158 Å². The molecule has 0 saturated heterocycles. The highest BCUT2D eigenvalue weighted by Crippen LogP contribution is 2.61. The Bertz CT molecular complexity index is 3820. The van der Waals surface area contributed by atoms with Crippen molar-refractivity contribution in [2.75, 3.05) is 0 Å². The van der Waals surface area contributed by atoms with Gasteiger partial charge in [-0.1, -0.05) is 109 Å². The van der Waals surface area contributed by atoms with Crippen LogP contribution in [0.2, 0.25) is 0 Å². The Morgan fingerprint density at radius 1 is 0.403 bits per heavy atom. The predicted molar refractivity (Wildman–Crippen MR) is 280 cm³/mol. The van der Waals surface area contributed by atoms with Crippen molar-refractivity contribution in [1.82, 2.24) is 15.0 Å². The van der Waals surface area contributed by atoms with Crippen LogP contribution < -0.4 is 0 Å². The second-order valence-corrected chi connectivity index (χ2v) is 21.9. The van der Waals surface area contributed by atoms with Crippen molar-refractivity contribution in [3.63, 3.8) is 0 Å². The van der Waals surface area contributed by atoms with E-state index >= 15 is 0 Å². The SMILES string of the molecule is c1ccc2c(c1)oc1c(-c3nc(-c4cc(-c5ccc(C67CC8CC(CC(C8)C6)C7)cc5)cc(-c5ccc6sc7ccccc7c6c5)c4)nc(-c4cccc5c4sc4ccccc45)n3)cccc12. The van der Waals surface area contributed by atoms with E-state index in [0.717, 1.165) is 67.5 Å². The van der Waals surface area contributed by atoms with Gasteiger partial charge in [0.1, 0.15) is 11.2 Å². The molecule has 0 amide bonds. The van der Waals surface area contributed by atoms with E-state index in [4.69, 9.17) is 19.4 Å². The molecule has 0 spiro atoms. The van der Waals surface area contributed by atoms with Gasteiger partial charge in [0.25, 0.3) is 0 Å². The van der Waals surface area contributed by atoms with Gasteiger partial charge in [-0.3, -0.25) is 0 Å². The van der Waals surface area contributed by atoms with Crippen LogP contribution in [-0.4, -0.2) is 15.0 Å². The van der Waals surface area contributed by atoms with Gasteiger partial charge in [0.05, 0.1) is 5.56 Å². The Morgan fingerprint density at radius 2 is 0.955 bits per heavy atom. The van der Waals surface area contributed by atoms with Gasteiger partial charge in [-0.2, -0.15) is 0 Å². The average Bonchev–Trinajstić information content (AvgIpc) is 4.07. The predicted octanol–water partition coefficient (Wildman–Crippen LogP) is 17.3. The Kier molecular flexibility index (Phi) is 8.26. The first-order chi connectivity index (χ1) is 33.1. The summed E-state index contributed by atoms with van der Waals surface area (Å²) in [5.41, 5.74) is 10.9. The summed E-state index contributed by atoms with van der Waals surface area (Å²) < 4.78 is 11.7. The summed E-state index contributed by atoms with van der Waals surface area (Å²) in [7, 11) is 0. The van der Waals surface area contributed by atoms with E-state index in [1.54, 1.807) is 16.9 Å². The molecular weight excluding hydrogens is 855 g/mol. The molecule has 4 saturated carbocycles. The van der Waals surface area contributed by atoms with E-state index in [1.165, 1.54) is 90.0 Å². The monoisotopic (exact) mass is 897 g/mol. The zero-order valence-corrected chi connectivity index (χ0v) is 38.3. The molecule has 4 nitrogen and oxygen atoms in total. The van der Waals surface area contributed by atoms with Gasteiger partial charge in [-0.25, -0.2) is 15.0 Å². The van der Waals surface area contributed by atoms with Gasteiger partial charge in [-0.05, 0) is 150 Å². The lowest BCUT2D eigenvalue weighted by Gasteiger charge is -2.57. The number of furan rings is 1. The molecule has 4 heterocycles. The summed E-state index contributed by atoms with van der Waals surface area (Å²) in [6, 6.07) is 62.1. The largest absolute Gasteiger partial charge is 0.455 e. The lowest BCUT2D eigenvalue weighted by molar-refractivity contribution is -0.00518. The number of fused-ring (bicyclic) bond motifs is 9. The van der Waals surface area contributed by atoms with Crippen LogP contribution in [0.15, 0.2) is 174 Å². The molecule has 0 radical (unpaired) electrons. The lowest BCUT2D eigenvalue weighted by Crippen LogP contribution is -2.48. The van der Waals surface area contributed by atoms with Crippen molar-refractivity contribution in [3.8, 4) is 56.4 Å². The molecule has 0 aliphatic heterocycles. The highest BCUT2D eigenvalue weighted by Gasteiger charge is 2.51. The maximum absolute atomic E-state index is 6.64. The van der Waals surface area contributed by atoms with E-state index in [9.17, 15) is 0 Å². The molecule has 8 aromatic carbocycles. The van der Waals surface area contributed by atoms with Crippen LogP contribution in [0.3, 0.4) is 0 Å². The van der Waals surface area contributed by atoms with Crippen molar-refractivity contribution >= 4 is 85.0 Å². The van der Waals surface area contributed by atoms with E-state index in [0.29, 0.717) is 22.9 Å². The van der Waals surface area contributed by atoms with Crippen LogP contribution >= 0.6 is 22.7 Å². The Morgan fingerprint density at radius 3 is 1.72 bits per heavy atom. The quantitative estimate of drug-likeness (QED) is 0.167. The van der Waals surface area contributed by atoms with Crippen LogP contribution in [0, 0.1) is 17.8 Å². The topological polar surface area (TPSA) is 51.8 Å². The zero-order valence-electron chi connectivity index (χ0n) is 36.7. The summed E-state index contributed by atoms with van der Waals surface area (Å²) in [4.78, 5) is 16.3. The highest BCUT2D eigenvalue weighted by molar-refractivity contribution is 7.26. The minimum Gasteiger partial charge on any atom is -0.455 e. The molecule has 6 heteroatoms. The maximum Gasteiger partial charge on any atom is 0.167 e. The Balaban J connectivity index is 0.948. The van der Waals surface area contributed by atoms with Crippen molar-refractivity contribution in [2.24, 2.45) is 17.8 Å². The molecule has 4 aliphatic carbocycles. The molecule has 12 aromatic rings. The average molecular weight is 898 g/mol. The fraction of sp³-hybridized carbons (Fsp3) is 0.164. The first kappa shape index (κ1) is 38.1. The van der Waals surface area contributed by atoms with E-state index in [1.807, 2.05) is 23.5 Å². The summed E-state index contributed by atoms with van der Waals surface area (Å²) in [6.45, 7) is 0. The number of aromatic nitrogens is 3. The Labute approximate surface area is 395 Å². The molecule has 16 rings (SSSR count). The van der Waals surface area contributed by atoms with E-state index in [-0.39, 0.29) is 0 Å². The first-order valence-corrected chi connectivity index (χ1v) is 25.4. The second kappa shape index (κ2) is 14.5. The van der Waals surface area contributed by atoms with Crippen molar-refractivity contribution < 1.29 is 4.42 Å². The molecule has 4 aliphatic rings. The molecule has 0 atom stereocenters. The molecule has 4 aromatic heterocycles. The highest BCUT2D eigenvalue weighted by atomic mass is 32.1. The van der Waals surface area contributed by atoms with Gasteiger partial charge >= 0.3 is 0 Å². The molecular formula is C61H43N3OS2. The summed E-state index contributed by atoms with van der Waals surface area (Å²) in [5.74, 6) is 4.57. The van der Waals surface area contributed by atoms with Gasteiger partial charge in [0.15, 0.2) is 17.5 Å². The first-order valence-electron chi connectivity index (χ1n) is 23.8. The van der Waals surface area contributed by atoms with Crippen LogP contribution in [-0.2, 0) is 5.41 Å². The molecule has 0 N–H and O–H groups in total. The molecule has 0 unspecified atom stereocenters. The Hall–Kier alpha value is -6.99. The van der Waals surface area contributed by atoms with Crippen molar-refractivity contribution in [3.05, 3.63) is 175 Å². The number of benzene rings is 8. The molecule has 67 heavy (non-hydrogen) atoms. The number of hydrogen-bond acceptors (Lipinski definition) is 6. The number of para-hydroxylation sites is 2. The van der Waals surface area contributed by atoms with Crippen LogP contribution in [0.5, 0.6) is 0 Å². The maximum atomic E-state index is 6.64. The van der Waals surface area contributed by atoms with Crippen LogP contribution in [0.4, 0.5) is 0 Å². The smallest absolute Gasteiger partial charge is 0.167 e. The zero-order chi connectivity index (χ0) is 43.8. The van der Waals surface area contributed by atoms with Crippen molar-refractivity contribution in [2.45, 2.75) is 43.9 Å². The number of nitrogens with zero attached hydrogens (tertiary/aromatic N) is 3. The van der Waals surface area contributed by atoms with E-state index < -0.39 is 0 Å². The molecule has 4 fully saturated rings. The number of thiophene rings is 2. The molecule has 4 bridgehead atoms. The summed E-state index contributed by atoms with van der Waals surface area (Å²) >= 11 is 3.65. The van der Waals surface area contributed by atoms with Gasteiger partial charge in [0, 0.05) is 62.2 Å². The standard InChI is InChI=1S/C61H43N3OS2/c1-4-16-52-44(9-1)47-12-7-14-49(56(47)65-52)59-62-58(63-60(64-59)50-15-8-13-48-45-10-2-6-18-54(45)67-57(48)50)42-29-40(28-41(30-42)39-21-24-55-51(31-39)46-11-3-5-17-53(46)66-55)38-19-22-43(23-20-38)61-32-35-25-36(33-61)27-37(26-35)34-61/h1-24,28-31,35-37H,25-27,32-34H2. The third-order valence-electron chi connectivity index (χ3n) is 15.7. The fourth-order valence-corrected chi connectivity index (χ4v) is 15.4. The number of hydrogen-bond donors (Lipinski definition) is 0. The second-order valence-electron chi connectivity index (χ2n) is 19.8. The normalized spacial score (nSPS) is 20.1. The van der Waals surface area contributed by atoms with Crippen LogP contribution in [0.1, 0.15) is 44.1 Å². The van der Waals surface area contributed by atoms with Crippen molar-refractivity contribution in [1.29, 1.82) is 0 Å². The van der Waals surface area contributed by atoms with Crippen LogP contribution in [0.25, 0.3) is 119 Å². The third-order valence-corrected chi connectivity index (χ3v) is 18.1. The fourth-order valence-electron chi connectivity index (χ4n) is 13.1. The van der Waals surface area contributed by atoms with Gasteiger partial charge in [0.2, 0.25) is 0 Å². The summed E-state index contributed by atoms with van der Waals surface area (Å²) in [5, 5.41) is 7.14. The van der Waals surface area contributed by atoms with Gasteiger partial charge < -0.3 is 4.42 Å². The summed E-state index contributed by atoms with van der Waals surface area (Å²) in [6.07, 6.45) is 8.43.